The van der Waals surface area contributed by atoms with Gasteiger partial charge in [0.2, 0.25) is 0 Å². The lowest BCUT2D eigenvalue weighted by Crippen LogP contribution is -1.98. The molecule has 0 saturated carbocycles. The van der Waals surface area contributed by atoms with Crippen LogP contribution in [0.5, 0.6) is 5.75 Å². The Morgan fingerprint density at radius 1 is 1.00 bits per heavy atom. The molecule has 2 aromatic rings. The number of rotatable bonds is 4. The molecule has 0 radical (unpaired) electrons. The maximum atomic E-state index is 6.35. The molecule has 2 aromatic carbocycles. The van der Waals surface area contributed by atoms with Gasteiger partial charge in [-0.05, 0) is 42.3 Å². The van der Waals surface area contributed by atoms with Crippen LogP contribution in [0, 0.1) is 0 Å². The molecule has 6 heteroatoms. The van der Waals surface area contributed by atoms with Gasteiger partial charge in [0.15, 0.2) is 0 Å². The Morgan fingerprint density at radius 2 is 1.67 bits per heavy atom. The second-order valence-electron chi connectivity index (χ2n) is 4.27. The highest BCUT2D eigenvalue weighted by molar-refractivity contribution is 9.10. The van der Waals surface area contributed by atoms with Crippen molar-refractivity contribution >= 4 is 66.7 Å². The molecule has 1 atom stereocenters. The van der Waals surface area contributed by atoms with Crippen LogP contribution in [0.2, 0.25) is 15.1 Å². The first-order chi connectivity index (χ1) is 9.93. The van der Waals surface area contributed by atoms with E-state index in [2.05, 4.69) is 31.9 Å². The van der Waals surface area contributed by atoms with Crippen molar-refractivity contribution < 1.29 is 4.74 Å². The largest absolute Gasteiger partial charge is 0.492 e. The van der Waals surface area contributed by atoms with Crippen molar-refractivity contribution in [2.75, 3.05) is 6.61 Å². The normalized spacial score (nSPS) is 12.3. The summed E-state index contributed by atoms with van der Waals surface area (Å²) in [5.41, 5.74) is 1.75. The molecule has 0 aromatic heterocycles. The molecule has 0 aliphatic heterocycles. The Balaban J connectivity index is 2.46. The van der Waals surface area contributed by atoms with Crippen LogP contribution in [-0.2, 0) is 0 Å². The van der Waals surface area contributed by atoms with Crippen LogP contribution in [0.25, 0.3) is 0 Å². The molecular weight excluding hydrogens is 462 g/mol. The van der Waals surface area contributed by atoms with Gasteiger partial charge in [-0.25, -0.2) is 0 Å². The monoisotopic (exact) mass is 470 g/mol. The summed E-state index contributed by atoms with van der Waals surface area (Å²) in [7, 11) is 0. The third-order valence-electron chi connectivity index (χ3n) is 2.86. The minimum Gasteiger partial charge on any atom is -0.492 e. The fourth-order valence-corrected chi connectivity index (χ4v) is 4.00. The van der Waals surface area contributed by atoms with Gasteiger partial charge in [0.1, 0.15) is 5.75 Å². The highest BCUT2D eigenvalue weighted by Crippen LogP contribution is 2.42. The molecule has 0 aliphatic carbocycles. The van der Waals surface area contributed by atoms with Gasteiger partial charge in [0, 0.05) is 20.6 Å². The van der Waals surface area contributed by atoms with E-state index in [1.54, 1.807) is 12.1 Å². The molecule has 1 nitrogen and oxygen atoms in total. The smallest absolute Gasteiger partial charge is 0.139 e. The second kappa shape index (κ2) is 7.56. The highest BCUT2D eigenvalue weighted by Gasteiger charge is 2.19. The van der Waals surface area contributed by atoms with E-state index < -0.39 is 0 Å². The summed E-state index contributed by atoms with van der Waals surface area (Å²) >= 11 is 25.9. The molecule has 0 amide bonds. The molecule has 0 saturated heterocycles. The average molecular weight is 473 g/mol. The quantitative estimate of drug-likeness (QED) is 0.424. The third kappa shape index (κ3) is 4.08. The summed E-state index contributed by atoms with van der Waals surface area (Å²) in [6, 6.07) is 9.19. The first-order valence-corrected chi connectivity index (χ1v) is 8.99. The predicted octanol–water partition coefficient (Wildman–Crippen LogP) is 7.29. The number of alkyl halides is 1. The van der Waals surface area contributed by atoms with Gasteiger partial charge in [0.25, 0.3) is 0 Å². The van der Waals surface area contributed by atoms with Gasteiger partial charge in [-0.1, -0.05) is 66.7 Å². The first kappa shape index (κ1) is 17.4. The molecule has 0 spiro atoms. The van der Waals surface area contributed by atoms with E-state index >= 15 is 0 Å². The lowest BCUT2D eigenvalue weighted by atomic mass is 10.0. The Hall–Kier alpha value is 0.0700. The SMILES string of the molecule is CCOc1cc(Cl)c(C(Br)c2cc(Br)ccc2Cl)cc1Cl. The fraction of sp³-hybridized carbons (Fsp3) is 0.200. The summed E-state index contributed by atoms with van der Waals surface area (Å²) in [5, 5.41) is 1.74. The van der Waals surface area contributed by atoms with E-state index in [-0.39, 0.29) is 4.83 Å². The Kier molecular flexibility index (Phi) is 6.27. The number of benzene rings is 2. The summed E-state index contributed by atoms with van der Waals surface area (Å²) < 4.78 is 6.38. The van der Waals surface area contributed by atoms with Gasteiger partial charge < -0.3 is 4.74 Å². The van der Waals surface area contributed by atoms with E-state index in [0.717, 1.165) is 15.6 Å². The lowest BCUT2D eigenvalue weighted by molar-refractivity contribution is 0.340. The topological polar surface area (TPSA) is 9.23 Å². The van der Waals surface area contributed by atoms with Crippen LogP contribution in [0.1, 0.15) is 22.9 Å². The van der Waals surface area contributed by atoms with E-state index in [4.69, 9.17) is 39.5 Å². The van der Waals surface area contributed by atoms with Crippen molar-refractivity contribution in [3.8, 4) is 5.75 Å². The molecule has 2 rings (SSSR count). The number of halogens is 5. The predicted molar refractivity (Wildman–Crippen MR) is 97.6 cm³/mol. The van der Waals surface area contributed by atoms with Crippen LogP contribution < -0.4 is 4.74 Å². The maximum Gasteiger partial charge on any atom is 0.139 e. The Bertz CT molecular complexity index is 662. The first-order valence-electron chi connectivity index (χ1n) is 6.14. The number of hydrogen-bond donors (Lipinski definition) is 0. The molecule has 0 fully saturated rings. The van der Waals surface area contributed by atoms with Crippen molar-refractivity contribution in [1.82, 2.24) is 0 Å². The van der Waals surface area contributed by atoms with Gasteiger partial charge in [0.05, 0.1) is 16.5 Å². The van der Waals surface area contributed by atoms with Gasteiger partial charge in [-0.3, -0.25) is 0 Å². The van der Waals surface area contributed by atoms with Crippen molar-refractivity contribution in [1.29, 1.82) is 0 Å². The highest BCUT2D eigenvalue weighted by atomic mass is 79.9. The summed E-state index contributed by atoms with van der Waals surface area (Å²) in [6.07, 6.45) is 0. The van der Waals surface area contributed by atoms with Gasteiger partial charge in [-0.2, -0.15) is 0 Å². The summed E-state index contributed by atoms with van der Waals surface area (Å²) in [6.45, 7) is 2.43. The zero-order valence-electron chi connectivity index (χ0n) is 11.0. The number of ether oxygens (including phenoxy) is 1. The van der Waals surface area contributed by atoms with E-state index in [0.29, 0.717) is 27.4 Å². The second-order valence-corrected chi connectivity index (χ2v) is 7.32. The van der Waals surface area contributed by atoms with Gasteiger partial charge >= 0.3 is 0 Å². The summed E-state index contributed by atoms with van der Waals surface area (Å²) in [5.74, 6) is 0.577. The Labute approximate surface area is 155 Å². The number of hydrogen-bond acceptors (Lipinski definition) is 1. The molecule has 0 bridgehead atoms. The molecule has 21 heavy (non-hydrogen) atoms. The summed E-state index contributed by atoms with van der Waals surface area (Å²) in [4.78, 5) is -0.164. The van der Waals surface area contributed by atoms with Gasteiger partial charge in [-0.15, -0.1) is 0 Å². The molecule has 0 N–H and O–H groups in total. The molecular formula is C15H11Br2Cl3O. The van der Waals surface area contributed by atoms with E-state index in [1.165, 1.54) is 0 Å². The fourth-order valence-electron chi connectivity index (χ4n) is 1.88. The zero-order valence-corrected chi connectivity index (χ0v) is 16.4. The average Bonchev–Trinajstić information content (AvgIpc) is 2.44. The molecule has 112 valence electrons. The van der Waals surface area contributed by atoms with Crippen molar-refractivity contribution in [2.45, 2.75) is 11.8 Å². The molecule has 1 unspecified atom stereocenters. The van der Waals surface area contributed by atoms with E-state index in [1.807, 2.05) is 25.1 Å². The maximum absolute atomic E-state index is 6.35. The van der Waals surface area contributed by atoms with Crippen LogP contribution in [-0.4, -0.2) is 6.61 Å². The zero-order chi connectivity index (χ0) is 15.6. The van der Waals surface area contributed by atoms with Crippen molar-refractivity contribution in [2.24, 2.45) is 0 Å². The van der Waals surface area contributed by atoms with Crippen molar-refractivity contribution in [3.63, 3.8) is 0 Å². The van der Waals surface area contributed by atoms with E-state index in [9.17, 15) is 0 Å². The minimum absolute atomic E-state index is 0.164. The van der Waals surface area contributed by atoms with Crippen LogP contribution in [0.15, 0.2) is 34.8 Å². The molecule has 0 heterocycles. The Morgan fingerprint density at radius 3 is 2.33 bits per heavy atom. The third-order valence-corrected chi connectivity index (χ3v) is 5.30. The van der Waals surface area contributed by atoms with Crippen molar-refractivity contribution in [3.05, 3.63) is 61.0 Å². The van der Waals surface area contributed by atoms with Crippen LogP contribution in [0.3, 0.4) is 0 Å². The minimum atomic E-state index is -0.164. The molecule has 0 aliphatic rings. The van der Waals surface area contributed by atoms with Crippen LogP contribution in [0.4, 0.5) is 0 Å². The van der Waals surface area contributed by atoms with Crippen LogP contribution >= 0.6 is 66.7 Å². The standard InChI is InChI=1S/C15H11Br2Cl3O/c1-2-21-14-7-12(19)10(6-13(14)20)15(17)9-5-8(16)3-4-11(9)18/h3-7,15H,2H2,1H3. The lowest BCUT2D eigenvalue weighted by Gasteiger charge is -2.16.